The van der Waals surface area contributed by atoms with Gasteiger partial charge in [-0.25, -0.2) is 9.59 Å². The van der Waals surface area contributed by atoms with E-state index in [0.717, 1.165) is 69.5 Å². The van der Waals surface area contributed by atoms with Crippen LogP contribution in [0.1, 0.15) is 68.7 Å². The summed E-state index contributed by atoms with van der Waals surface area (Å²) < 4.78 is 17.1. The molecule has 0 saturated carbocycles. The fourth-order valence-corrected chi connectivity index (χ4v) is 6.95. The van der Waals surface area contributed by atoms with Crippen LogP contribution in [-0.4, -0.2) is 49.5 Å². The third-order valence-corrected chi connectivity index (χ3v) is 9.66. The number of para-hydroxylation sites is 1. The van der Waals surface area contributed by atoms with Crippen molar-refractivity contribution >= 4 is 23.8 Å². The zero-order valence-corrected chi connectivity index (χ0v) is 32.6. The van der Waals surface area contributed by atoms with E-state index in [1.807, 2.05) is 106 Å². The number of amides is 3. The second kappa shape index (κ2) is 18.5. The Morgan fingerprint density at radius 2 is 1.39 bits per heavy atom. The van der Waals surface area contributed by atoms with E-state index >= 15 is 0 Å². The number of nitrogens with one attached hydrogen (secondary N) is 3. The van der Waals surface area contributed by atoms with Crippen molar-refractivity contribution in [2.45, 2.75) is 70.9 Å². The lowest BCUT2D eigenvalue weighted by Gasteiger charge is -2.20. The molecule has 5 aromatic rings. The Kier molecular flexibility index (Phi) is 13.1. The topological polar surface area (TPSA) is 115 Å². The number of ether oxygens (including phenoxy) is 3. The number of hydrogen-bond donors (Lipinski definition) is 3. The molecule has 9 nitrogen and oxygen atoms in total. The smallest absolute Gasteiger partial charge is 0.407 e. The van der Waals surface area contributed by atoms with E-state index in [9.17, 15) is 14.4 Å². The lowest BCUT2D eigenvalue weighted by atomic mass is 9.95. The zero-order valence-electron chi connectivity index (χ0n) is 32.6. The minimum absolute atomic E-state index is 0.0919. The van der Waals surface area contributed by atoms with Crippen LogP contribution < -0.4 is 20.7 Å². The van der Waals surface area contributed by atoms with Gasteiger partial charge in [0.15, 0.2) is 0 Å². The molecule has 5 aromatic carbocycles. The molecule has 0 bridgehead atoms. The second-order valence-corrected chi connectivity index (χ2v) is 14.9. The minimum atomic E-state index is -0.882. The summed E-state index contributed by atoms with van der Waals surface area (Å²) in [7, 11) is 0. The lowest BCUT2D eigenvalue weighted by Crippen LogP contribution is -2.45. The summed E-state index contributed by atoms with van der Waals surface area (Å²) in [6.07, 6.45) is 1.60. The zero-order chi connectivity index (χ0) is 39.5. The minimum Gasteiger partial charge on any atom is -0.494 e. The Morgan fingerprint density at radius 1 is 0.732 bits per heavy atom. The Bertz CT molecular complexity index is 2060. The van der Waals surface area contributed by atoms with Crippen LogP contribution in [0.25, 0.3) is 22.3 Å². The standard InChI is InChI=1S/C47H51N3O6/c1-5-33-30-36(54-28-14-13-27-48-45(52)56-47(2,3)4)25-26-37(33)34-23-21-32(22-24-34)29-43(44(51)49-35-15-7-6-8-16-35)50-46(53)55-31-42-40-19-11-9-17-38(40)39-18-10-12-20-41(39)42/h6-12,15-26,30,42-43H,5,13-14,27-29,31H2,1-4H3,(H,48,52)(H,49,51)(H,50,53). The molecule has 9 heteroatoms. The molecule has 1 aliphatic carbocycles. The van der Waals surface area contributed by atoms with Gasteiger partial charge in [0.05, 0.1) is 6.61 Å². The number of benzene rings is 5. The van der Waals surface area contributed by atoms with Gasteiger partial charge < -0.3 is 30.2 Å². The van der Waals surface area contributed by atoms with E-state index in [1.165, 1.54) is 0 Å². The number of carbonyl (C=O) groups is 3. The fourth-order valence-electron chi connectivity index (χ4n) is 6.95. The average molecular weight is 754 g/mol. The SMILES string of the molecule is CCc1cc(OCCCCNC(=O)OC(C)(C)C)ccc1-c1ccc(CC(NC(=O)OCC2c3ccccc3-c3ccccc32)C(=O)Nc2ccccc2)cc1. The maximum atomic E-state index is 13.6. The van der Waals surface area contributed by atoms with Crippen molar-refractivity contribution in [2.24, 2.45) is 0 Å². The predicted molar refractivity (Wildman–Crippen MR) is 221 cm³/mol. The number of unbranched alkanes of at least 4 members (excludes halogenated alkanes) is 1. The quantitative estimate of drug-likeness (QED) is 0.0918. The number of rotatable bonds is 15. The van der Waals surface area contributed by atoms with Crippen molar-refractivity contribution < 1.29 is 28.6 Å². The molecule has 0 aromatic heterocycles. The summed E-state index contributed by atoms with van der Waals surface area (Å²) in [4.78, 5) is 38.8. The first-order chi connectivity index (χ1) is 27.1. The van der Waals surface area contributed by atoms with Gasteiger partial charge in [0.2, 0.25) is 5.91 Å². The molecule has 0 heterocycles. The Balaban J connectivity index is 1.07. The van der Waals surface area contributed by atoms with Crippen LogP contribution in [0.3, 0.4) is 0 Å². The molecule has 3 amide bonds. The predicted octanol–water partition coefficient (Wildman–Crippen LogP) is 9.69. The van der Waals surface area contributed by atoms with Crippen molar-refractivity contribution in [3.05, 3.63) is 144 Å². The molecule has 1 unspecified atom stereocenters. The van der Waals surface area contributed by atoms with Crippen LogP contribution in [0.2, 0.25) is 0 Å². The Labute approximate surface area is 329 Å². The Morgan fingerprint density at radius 3 is 2.05 bits per heavy atom. The summed E-state index contributed by atoms with van der Waals surface area (Å²) >= 11 is 0. The first kappa shape index (κ1) is 39.6. The van der Waals surface area contributed by atoms with Gasteiger partial charge in [0, 0.05) is 24.6 Å². The van der Waals surface area contributed by atoms with Gasteiger partial charge in [-0.1, -0.05) is 104 Å². The highest BCUT2D eigenvalue weighted by atomic mass is 16.6. The molecule has 3 N–H and O–H groups in total. The van der Waals surface area contributed by atoms with E-state index in [4.69, 9.17) is 14.2 Å². The molecule has 56 heavy (non-hydrogen) atoms. The van der Waals surface area contributed by atoms with Crippen molar-refractivity contribution in [3.8, 4) is 28.0 Å². The number of alkyl carbamates (subject to hydrolysis) is 2. The highest BCUT2D eigenvalue weighted by Gasteiger charge is 2.30. The van der Waals surface area contributed by atoms with E-state index in [-0.39, 0.29) is 24.9 Å². The molecule has 6 rings (SSSR count). The number of carbonyl (C=O) groups excluding carboxylic acids is 3. The van der Waals surface area contributed by atoms with Gasteiger partial charge in [0.1, 0.15) is 24.0 Å². The van der Waals surface area contributed by atoms with Crippen LogP contribution in [0.15, 0.2) is 121 Å². The van der Waals surface area contributed by atoms with Gasteiger partial charge >= 0.3 is 12.2 Å². The molecule has 0 fully saturated rings. The van der Waals surface area contributed by atoms with Crippen LogP contribution >= 0.6 is 0 Å². The third kappa shape index (κ3) is 10.6. The first-order valence-corrected chi connectivity index (χ1v) is 19.4. The molecule has 0 saturated heterocycles. The second-order valence-electron chi connectivity index (χ2n) is 14.9. The number of fused-ring (bicyclic) bond motifs is 3. The summed E-state index contributed by atoms with van der Waals surface area (Å²) in [5, 5.41) is 8.58. The molecular formula is C47H51N3O6. The maximum absolute atomic E-state index is 13.6. The summed E-state index contributed by atoms with van der Waals surface area (Å²) in [5.74, 6) is 0.372. The highest BCUT2D eigenvalue weighted by Crippen LogP contribution is 2.44. The van der Waals surface area contributed by atoms with Crippen LogP contribution in [-0.2, 0) is 27.1 Å². The van der Waals surface area contributed by atoms with E-state index in [2.05, 4.69) is 59.3 Å². The van der Waals surface area contributed by atoms with E-state index in [1.54, 1.807) is 0 Å². The van der Waals surface area contributed by atoms with E-state index in [0.29, 0.717) is 18.8 Å². The van der Waals surface area contributed by atoms with Gasteiger partial charge in [-0.2, -0.15) is 0 Å². The van der Waals surface area contributed by atoms with Gasteiger partial charge in [-0.15, -0.1) is 0 Å². The van der Waals surface area contributed by atoms with Crippen molar-refractivity contribution in [1.29, 1.82) is 0 Å². The summed E-state index contributed by atoms with van der Waals surface area (Å²) in [6, 6.07) is 38.9. The molecule has 1 aliphatic rings. The van der Waals surface area contributed by atoms with Crippen molar-refractivity contribution in [2.75, 3.05) is 25.1 Å². The monoisotopic (exact) mass is 753 g/mol. The third-order valence-electron chi connectivity index (χ3n) is 9.66. The average Bonchev–Trinajstić information content (AvgIpc) is 3.51. The molecule has 0 spiro atoms. The largest absolute Gasteiger partial charge is 0.494 e. The maximum Gasteiger partial charge on any atom is 0.407 e. The summed E-state index contributed by atoms with van der Waals surface area (Å²) in [5.41, 5.74) is 8.84. The molecule has 0 aliphatic heterocycles. The normalized spacial score (nSPS) is 12.5. The summed E-state index contributed by atoms with van der Waals surface area (Å²) in [6.45, 7) is 8.85. The molecule has 1 atom stereocenters. The lowest BCUT2D eigenvalue weighted by molar-refractivity contribution is -0.118. The van der Waals surface area contributed by atoms with Crippen LogP contribution in [0.4, 0.5) is 15.3 Å². The number of hydrogen-bond acceptors (Lipinski definition) is 6. The number of anilines is 1. The first-order valence-electron chi connectivity index (χ1n) is 19.4. The molecule has 0 radical (unpaired) electrons. The van der Waals surface area contributed by atoms with Gasteiger partial charge in [-0.3, -0.25) is 4.79 Å². The van der Waals surface area contributed by atoms with Crippen LogP contribution in [0.5, 0.6) is 5.75 Å². The van der Waals surface area contributed by atoms with Crippen molar-refractivity contribution in [1.82, 2.24) is 10.6 Å². The van der Waals surface area contributed by atoms with Crippen molar-refractivity contribution in [3.63, 3.8) is 0 Å². The Hall–Kier alpha value is -6.09. The molecule has 290 valence electrons. The van der Waals surface area contributed by atoms with Gasteiger partial charge in [-0.05, 0) is 109 Å². The van der Waals surface area contributed by atoms with E-state index < -0.39 is 23.8 Å². The molecular weight excluding hydrogens is 703 g/mol. The van der Waals surface area contributed by atoms with Crippen LogP contribution in [0, 0.1) is 0 Å². The van der Waals surface area contributed by atoms with Gasteiger partial charge in [0.25, 0.3) is 0 Å². The highest BCUT2D eigenvalue weighted by molar-refractivity contribution is 5.96. The fraction of sp³-hybridized carbons (Fsp3) is 0.298. The number of aryl methyl sites for hydroxylation is 1.